The fourth-order valence-corrected chi connectivity index (χ4v) is 4.99. The van der Waals surface area contributed by atoms with Crippen LogP contribution in [0.15, 0.2) is 54.6 Å². The van der Waals surface area contributed by atoms with Gasteiger partial charge >= 0.3 is 12.1 Å². The van der Waals surface area contributed by atoms with Gasteiger partial charge in [-0.15, -0.1) is 0 Å². The molecule has 2 unspecified atom stereocenters. The Kier molecular flexibility index (Phi) is 10.4. The van der Waals surface area contributed by atoms with Crippen LogP contribution in [-0.4, -0.2) is 64.5 Å². The van der Waals surface area contributed by atoms with Gasteiger partial charge in [0.1, 0.15) is 23.0 Å². The minimum Gasteiger partial charge on any atom is -0.493 e. The minimum atomic E-state index is -1.06. The van der Waals surface area contributed by atoms with Crippen molar-refractivity contribution in [2.75, 3.05) is 35.0 Å². The Labute approximate surface area is 262 Å². The second-order valence-corrected chi connectivity index (χ2v) is 11.4. The van der Waals surface area contributed by atoms with Crippen LogP contribution in [0.4, 0.5) is 4.79 Å². The Morgan fingerprint density at radius 1 is 0.867 bits per heavy atom. The van der Waals surface area contributed by atoms with Gasteiger partial charge in [0.2, 0.25) is 5.75 Å². The van der Waals surface area contributed by atoms with Gasteiger partial charge in [0, 0.05) is 12.5 Å². The Balaban J connectivity index is 1.57. The average molecular weight is 622 g/mol. The minimum absolute atomic E-state index is 0.116. The quantitative estimate of drug-likeness (QED) is 0.226. The number of ether oxygens (including phenoxy) is 7. The van der Waals surface area contributed by atoms with E-state index in [0.29, 0.717) is 28.6 Å². The molecule has 1 heterocycles. The smallest absolute Gasteiger partial charge is 0.408 e. The second-order valence-electron chi connectivity index (χ2n) is 11.4. The van der Waals surface area contributed by atoms with Crippen molar-refractivity contribution >= 4 is 17.8 Å². The third-order valence-electron chi connectivity index (χ3n) is 7.03. The zero-order valence-electron chi connectivity index (χ0n) is 26.6. The van der Waals surface area contributed by atoms with E-state index in [1.54, 1.807) is 45.0 Å². The van der Waals surface area contributed by atoms with Crippen LogP contribution in [0.3, 0.4) is 0 Å². The third kappa shape index (κ3) is 7.97. The molecule has 1 N–H and O–H groups in total. The van der Waals surface area contributed by atoms with E-state index in [2.05, 4.69) is 5.32 Å². The number of hydrogen-bond acceptors (Lipinski definition) is 10. The molecule has 0 spiro atoms. The molecule has 11 nitrogen and oxygen atoms in total. The first-order chi connectivity index (χ1) is 21.5. The fourth-order valence-electron chi connectivity index (χ4n) is 4.99. The van der Waals surface area contributed by atoms with Gasteiger partial charge in [-0.05, 0) is 50.5 Å². The van der Waals surface area contributed by atoms with Crippen LogP contribution in [0, 0.1) is 5.92 Å². The molecule has 3 aromatic rings. The molecule has 0 aliphatic carbocycles. The van der Waals surface area contributed by atoms with Crippen molar-refractivity contribution in [2.45, 2.75) is 45.3 Å². The molecule has 0 bridgehead atoms. The summed E-state index contributed by atoms with van der Waals surface area (Å²) in [7, 11) is 5.85. The number of hydrogen-bond donors (Lipinski definition) is 1. The third-order valence-corrected chi connectivity index (χ3v) is 7.03. The second kappa shape index (κ2) is 14.2. The lowest BCUT2D eigenvalue weighted by atomic mass is 9.88. The number of nitrogens with one attached hydrogen (secondary N) is 1. The number of methoxy groups -OCH3 is 4. The SMILES string of the molecule is COc1ccc(CC2COc3cc(OC)c(OC)c(OC)c3C2=O)cc1OC(=O)C(Cc1ccccc1)NC(=O)OC(C)(C)C. The number of Topliss-reactive ketones (excluding diaryl/α,β-unsaturated/α-hetero) is 1. The van der Waals surface area contributed by atoms with Gasteiger partial charge in [0.05, 0.1) is 41.0 Å². The monoisotopic (exact) mass is 621 g/mol. The molecule has 0 aromatic heterocycles. The van der Waals surface area contributed by atoms with Crippen LogP contribution >= 0.6 is 0 Å². The lowest BCUT2D eigenvalue weighted by Crippen LogP contribution is -2.46. The summed E-state index contributed by atoms with van der Waals surface area (Å²) < 4.78 is 39.0. The number of benzene rings is 3. The Bertz CT molecular complexity index is 1530. The number of alkyl carbamates (subject to hydrolysis) is 1. The van der Waals surface area contributed by atoms with Gasteiger partial charge in [0.15, 0.2) is 28.8 Å². The largest absolute Gasteiger partial charge is 0.493 e. The van der Waals surface area contributed by atoms with Crippen LogP contribution in [0.5, 0.6) is 34.5 Å². The molecule has 0 saturated carbocycles. The summed E-state index contributed by atoms with van der Waals surface area (Å²) in [5.74, 6) is 0.221. The van der Waals surface area contributed by atoms with Crippen LogP contribution in [0.25, 0.3) is 0 Å². The zero-order valence-corrected chi connectivity index (χ0v) is 26.6. The van der Waals surface area contributed by atoms with Crippen molar-refractivity contribution in [1.29, 1.82) is 0 Å². The highest BCUT2D eigenvalue weighted by molar-refractivity contribution is 6.05. The topological polar surface area (TPSA) is 128 Å². The van der Waals surface area contributed by atoms with Crippen molar-refractivity contribution in [3.63, 3.8) is 0 Å². The first-order valence-corrected chi connectivity index (χ1v) is 14.4. The van der Waals surface area contributed by atoms with Crippen molar-refractivity contribution < 1.29 is 47.5 Å². The maximum Gasteiger partial charge on any atom is 0.408 e. The van der Waals surface area contributed by atoms with Crippen molar-refractivity contribution in [2.24, 2.45) is 5.92 Å². The van der Waals surface area contributed by atoms with E-state index in [-0.39, 0.29) is 42.3 Å². The molecule has 0 fully saturated rings. The van der Waals surface area contributed by atoms with Crippen LogP contribution in [0.1, 0.15) is 42.3 Å². The van der Waals surface area contributed by atoms with Gasteiger partial charge < -0.3 is 38.5 Å². The standard InChI is InChI=1S/C34H39NO10/c1-34(2,3)45-33(38)35-23(16-20-11-9-8-10-12-20)32(37)44-25-17-21(13-14-24(25)39-4)15-22-19-43-26-18-27(40-5)30(41-6)31(42-7)28(26)29(22)36/h8-14,17-18,22-23H,15-16,19H2,1-7H3,(H,35,38). The molecule has 3 aromatic carbocycles. The van der Waals surface area contributed by atoms with Gasteiger partial charge in [-0.25, -0.2) is 9.59 Å². The highest BCUT2D eigenvalue weighted by Gasteiger charge is 2.36. The van der Waals surface area contributed by atoms with E-state index in [4.69, 9.17) is 33.2 Å². The van der Waals surface area contributed by atoms with Crippen molar-refractivity contribution in [3.8, 4) is 34.5 Å². The summed E-state index contributed by atoms with van der Waals surface area (Å²) in [6.07, 6.45) is -0.306. The fraction of sp³-hybridized carbons (Fsp3) is 0.382. The molecular weight excluding hydrogens is 582 g/mol. The maximum absolute atomic E-state index is 13.7. The zero-order chi connectivity index (χ0) is 32.7. The van der Waals surface area contributed by atoms with E-state index < -0.39 is 29.6 Å². The van der Waals surface area contributed by atoms with Gasteiger partial charge in [-0.1, -0.05) is 36.4 Å². The molecule has 1 amide bonds. The average Bonchev–Trinajstić information content (AvgIpc) is 3.00. The molecule has 0 radical (unpaired) electrons. The summed E-state index contributed by atoms with van der Waals surface area (Å²) in [5.41, 5.74) is 1.02. The molecule has 1 aliphatic heterocycles. The number of carbonyl (C=O) groups is 3. The summed E-state index contributed by atoms with van der Waals surface area (Å²) in [5, 5.41) is 2.63. The maximum atomic E-state index is 13.7. The first-order valence-electron chi connectivity index (χ1n) is 14.4. The summed E-state index contributed by atoms with van der Waals surface area (Å²) >= 11 is 0. The predicted octanol–water partition coefficient (Wildman–Crippen LogP) is 5.20. The Hall–Kier alpha value is -4.93. The molecule has 11 heteroatoms. The van der Waals surface area contributed by atoms with E-state index in [0.717, 1.165) is 5.56 Å². The predicted molar refractivity (Wildman–Crippen MR) is 165 cm³/mol. The van der Waals surface area contributed by atoms with E-state index in [9.17, 15) is 14.4 Å². The number of fused-ring (bicyclic) bond motifs is 1. The Morgan fingerprint density at radius 3 is 2.18 bits per heavy atom. The summed E-state index contributed by atoms with van der Waals surface area (Å²) in [6.45, 7) is 5.32. The molecule has 2 atom stereocenters. The highest BCUT2D eigenvalue weighted by Crippen LogP contribution is 2.47. The van der Waals surface area contributed by atoms with Gasteiger partial charge in [-0.2, -0.15) is 0 Å². The van der Waals surface area contributed by atoms with Crippen LogP contribution in [-0.2, 0) is 22.4 Å². The Morgan fingerprint density at radius 2 is 1.56 bits per heavy atom. The number of ketones is 1. The first kappa shape index (κ1) is 33.0. The number of carbonyl (C=O) groups excluding carboxylic acids is 3. The summed E-state index contributed by atoms with van der Waals surface area (Å²) in [4.78, 5) is 39.8. The lowest BCUT2D eigenvalue weighted by molar-refractivity contribution is -0.136. The van der Waals surface area contributed by atoms with Gasteiger partial charge in [0.25, 0.3) is 0 Å². The lowest BCUT2D eigenvalue weighted by Gasteiger charge is -2.27. The molecule has 45 heavy (non-hydrogen) atoms. The molecule has 240 valence electrons. The van der Waals surface area contributed by atoms with E-state index >= 15 is 0 Å². The number of amides is 1. The summed E-state index contributed by atoms with van der Waals surface area (Å²) in [6, 6.07) is 14.9. The van der Waals surface area contributed by atoms with Crippen molar-refractivity contribution in [1.82, 2.24) is 5.32 Å². The number of esters is 1. The van der Waals surface area contributed by atoms with Crippen LogP contribution < -0.4 is 33.7 Å². The normalized spacial score (nSPS) is 14.7. The molecule has 4 rings (SSSR count). The van der Waals surface area contributed by atoms with Crippen molar-refractivity contribution in [3.05, 3.63) is 71.3 Å². The van der Waals surface area contributed by atoms with Gasteiger partial charge in [-0.3, -0.25) is 4.79 Å². The van der Waals surface area contributed by atoms with E-state index in [1.165, 1.54) is 28.4 Å². The molecule has 0 saturated heterocycles. The highest BCUT2D eigenvalue weighted by atomic mass is 16.6. The number of rotatable bonds is 11. The van der Waals surface area contributed by atoms with Crippen LogP contribution in [0.2, 0.25) is 0 Å². The van der Waals surface area contributed by atoms with E-state index in [1.807, 2.05) is 30.3 Å². The molecular formula is C34H39NO10. The molecule has 1 aliphatic rings.